The molecule has 2 aliphatic rings. The lowest BCUT2D eigenvalue weighted by Gasteiger charge is -2.38. The van der Waals surface area contributed by atoms with Crippen molar-refractivity contribution in [3.05, 3.63) is 101 Å². The number of rotatable bonds is 6. The summed E-state index contributed by atoms with van der Waals surface area (Å²) < 4.78 is 0. The van der Waals surface area contributed by atoms with Gasteiger partial charge in [0, 0.05) is 31.4 Å². The quantitative estimate of drug-likeness (QED) is 0.394. The summed E-state index contributed by atoms with van der Waals surface area (Å²) >= 11 is 6.43. The maximum atomic E-state index is 6.43. The SMILES string of the molecule is Clc1[c]cc(C2CCN(Cc3ccccc3)CC2)c(N2CCC(Cc3ccccc3)CC2)c1. The minimum absolute atomic E-state index is 0.600. The zero-order chi connectivity index (χ0) is 22.5. The van der Waals surface area contributed by atoms with Crippen LogP contribution in [0.15, 0.2) is 72.8 Å². The molecular weight excluding hydrogens is 424 g/mol. The molecule has 33 heavy (non-hydrogen) atoms. The molecule has 3 heteroatoms. The van der Waals surface area contributed by atoms with Gasteiger partial charge in [-0.2, -0.15) is 0 Å². The summed E-state index contributed by atoms with van der Waals surface area (Å²) in [6.45, 7) is 5.61. The molecule has 0 aromatic heterocycles. The van der Waals surface area contributed by atoms with Gasteiger partial charge in [-0.25, -0.2) is 0 Å². The van der Waals surface area contributed by atoms with E-state index in [4.69, 9.17) is 11.6 Å². The predicted octanol–water partition coefficient (Wildman–Crippen LogP) is 6.98. The van der Waals surface area contributed by atoms with Crippen molar-refractivity contribution >= 4 is 17.3 Å². The molecule has 0 spiro atoms. The van der Waals surface area contributed by atoms with Crippen molar-refractivity contribution in [2.24, 2.45) is 5.92 Å². The highest BCUT2D eigenvalue weighted by atomic mass is 35.5. The van der Waals surface area contributed by atoms with Crippen molar-refractivity contribution in [1.82, 2.24) is 4.90 Å². The van der Waals surface area contributed by atoms with Crippen molar-refractivity contribution in [1.29, 1.82) is 0 Å². The van der Waals surface area contributed by atoms with Crippen LogP contribution in [0.2, 0.25) is 5.02 Å². The van der Waals surface area contributed by atoms with Crippen molar-refractivity contribution in [2.45, 2.75) is 44.6 Å². The molecule has 0 amide bonds. The normalized spacial score (nSPS) is 18.5. The maximum absolute atomic E-state index is 6.43. The van der Waals surface area contributed by atoms with E-state index >= 15 is 0 Å². The number of halogens is 1. The minimum atomic E-state index is 0.600. The van der Waals surface area contributed by atoms with E-state index in [0.29, 0.717) is 5.92 Å². The van der Waals surface area contributed by atoms with Crippen LogP contribution in [-0.4, -0.2) is 31.1 Å². The first kappa shape index (κ1) is 22.5. The molecule has 2 aliphatic heterocycles. The minimum Gasteiger partial charge on any atom is -0.371 e. The summed E-state index contributed by atoms with van der Waals surface area (Å²) in [6, 6.07) is 29.5. The molecule has 1 radical (unpaired) electrons. The highest BCUT2D eigenvalue weighted by Gasteiger charge is 2.27. The molecule has 0 bridgehead atoms. The first-order chi connectivity index (χ1) is 16.2. The third kappa shape index (κ3) is 5.80. The summed E-state index contributed by atoms with van der Waals surface area (Å²) in [7, 11) is 0. The number of anilines is 1. The molecular formula is C30H34ClN2. The van der Waals surface area contributed by atoms with Gasteiger partial charge in [-0.05, 0) is 85.9 Å². The van der Waals surface area contributed by atoms with Gasteiger partial charge in [0.15, 0.2) is 0 Å². The Bertz CT molecular complexity index is 1000. The smallest absolute Gasteiger partial charge is 0.0505 e. The molecule has 0 unspecified atom stereocenters. The summed E-state index contributed by atoms with van der Waals surface area (Å²) in [6.07, 6.45) is 6.12. The number of benzene rings is 3. The van der Waals surface area contributed by atoms with E-state index in [1.807, 2.05) is 0 Å². The van der Waals surface area contributed by atoms with Gasteiger partial charge < -0.3 is 4.90 Å². The van der Waals surface area contributed by atoms with Crippen molar-refractivity contribution in [3.8, 4) is 0 Å². The number of likely N-dealkylation sites (tertiary alicyclic amines) is 1. The molecule has 2 nitrogen and oxygen atoms in total. The first-order valence-corrected chi connectivity index (χ1v) is 12.9. The van der Waals surface area contributed by atoms with Gasteiger partial charge in [0.2, 0.25) is 0 Å². The standard InChI is InChI=1S/C30H34ClN2/c31-28-11-12-29(27-15-17-32(18-16-27)23-26-9-5-2-6-10-26)30(22-28)33-19-13-25(14-20-33)21-24-7-3-1-4-8-24/h1-10,12,22,25,27H,13-21,23H2. The fraction of sp³-hybridized carbons (Fsp3) is 0.400. The van der Waals surface area contributed by atoms with Gasteiger partial charge in [-0.1, -0.05) is 72.3 Å². The van der Waals surface area contributed by atoms with Gasteiger partial charge >= 0.3 is 0 Å². The second-order valence-electron chi connectivity index (χ2n) is 9.78. The molecule has 0 N–H and O–H groups in total. The van der Waals surface area contributed by atoms with Gasteiger partial charge in [0.05, 0.1) is 5.02 Å². The number of nitrogens with zero attached hydrogens (tertiary/aromatic N) is 2. The van der Waals surface area contributed by atoms with Crippen LogP contribution in [0.1, 0.15) is 48.3 Å². The lowest BCUT2D eigenvalue weighted by molar-refractivity contribution is 0.204. The zero-order valence-electron chi connectivity index (χ0n) is 19.4. The molecule has 5 rings (SSSR count). The van der Waals surface area contributed by atoms with E-state index in [1.54, 1.807) is 0 Å². The van der Waals surface area contributed by atoms with Crippen LogP contribution in [0.5, 0.6) is 0 Å². The van der Waals surface area contributed by atoms with Crippen LogP contribution in [-0.2, 0) is 13.0 Å². The molecule has 0 aliphatic carbocycles. The van der Waals surface area contributed by atoms with Gasteiger partial charge in [-0.3, -0.25) is 4.90 Å². The Morgan fingerprint density at radius 1 is 0.788 bits per heavy atom. The monoisotopic (exact) mass is 457 g/mol. The average molecular weight is 458 g/mol. The van der Waals surface area contributed by atoms with Crippen molar-refractivity contribution < 1.29 is 0 Å². The van der Waals surface area contributed by atoms with E-state index in [1.165, 1.54) is 54.5 Å². The second-order valence-corrected chi connectivity index (χ2v) is 10.2. The van der Waals surface area contributed by atoms with Gasteiger partial charge in [0.1, 0.15) is 0 Å². The zero-order valence-corrected chi connectivity index (χ0v) is 20.2. The third-order valence-electron chi connectivity index (χ3n) is 7.52. The van der Waals surface area contributed by atoms with E-state index in [2.05, 4.69) is 88.7 Å². The summed E-state index contributed by atoms with van der Waals surface area (Å²) in [5.74, 6) is 1.38. The van der Waals surface area contributed by atoms with Crippen LogP contribution in [0, 0.1) is 12.0 Å². The van der Waals surface area contributed by atoms with E-state index < -0.39 is 0 Å². The maximum Gasteiger partial charge on any atom is 0.0505 e. The van der Waals surface area contributed by atoms with E-state index in [0.717, 1.165) is 43.7 Å². The Kier molecular flexibility index (Phi) is 7.34. The van der Waals surface area contributed by atoms with Crippen molar-refractivity contribution in [2.75, 3.05) is 31.1 Å². The molecule has 3 aromatic carbocycles. The fourth-order valence-electron chi connectivity index (χ4n) is 5.64. The Morgan fingerprint density at radius 2 is 1.42 bits per heavy atom. The Balaban J connectivity index is 1.21. The van der Waals surface area contributed by atoms with Crippen LogP contribution in [0.3, 0.4) is 0 Å². The average Bonchev–Trinajstić information content (AvgIpc) is 2.86. The summed E-state index contributed by atoms with van der Waals surface area (Å²) in [4.78, 5) is 5.19. The van der Waals surface area contributed by atoms with E-state index in [-0.39, 0.29) is 0 Å². The van der Waals surface area contributed by atoms with Crippen LogP contribution in [0.4, 0.5) is 5.69 Å². The third-order valence-corrected chi connectivity index (χ3v) is 7.74. The van der Waals surface area contributed by atoms with Crippen LogP contribution < -0.4 is 4.90 Å². The van der Waals surface area contributed by atoms with Gasteiger partial charge in [-0.15, -0.1) is 0 Å². The predicted molar refractivity (Wildman–Crippen MR) is 139 cm³/mol. The largest absolute Gasteiger partial charge is 0.371 e. The first-order valence-electron chi connectivity index (χ1n) is 12.5. The number of piperidine rings is 2. The Hall–Kier alpha value is -2.29. The summed E-state index contributed by atoms with van der Waals surface area (Å²) in [5, 5.41) is 0.738. The number of hydrogen-bond acceptors (Lipinski definition) is 2. The molecule has 2 saturated heterocycles. The molecule has 171 valence electrons. The Morgan fingerprint density at radius 3 is 2.09 bits per heavy atom. The molecule has 0 atom stereocenters. The molecule has 0 saturated carbocycles. The molecule has 3 aromatic rings. The van der Waals surface area contributed by atoms with Crippen LogP contribution >= 0.6 is 11.6 Å². The van der Waals surface area contributed by atoms with Crippen LogP contribution in [0.25, 0.3) is 0 Å². The summed E-state index contributed by atoms with van der Waals surface area (Å²) in [5.41, 5.74) is 5.70. The Labute approximate surface area is 204 Å². The number of hydrogen-bond donors (Lipinski definition) is 0. The second kappa shape index (κ2) is 10.8. The lowest BCUT2D eigenvalue weighted by Crippen LogP contribution is -2.36. The molecule has 2 heterocycles. The van der Waals surface area contributed by atoms with E-state index in [9.17, 15) is 0 Å². The topological polar surface area (TPSA) is 6.48 Å². The lowest BCUT2D eigenvalue weighted by atomic mass is 9.86. The highest BCUT2D eigenvalue weighted by molar-refractivity contribution is 6.30. The van der Waals surface area contributed by atoms with Gasteiger partial charge in [0.25, 0.3) is 0 Å². The highest BCUT2D eigenvalue weighted by Crippen LogP contribution is 2.38. The van der Waals surface area contributed by atoms with Crippen molar-refractivity contribution in [3.63, 3.8) is 0 Å². The fourth-order valence-corrected chi connectivity index (χ4v) is 5.79. The molecule has 2 fully saturated rings.